The molecule has 9 heteroatoms. The van der Waals surface area contributed by atoms with E-state index in [-0.39, 0.29) is 24.0 Å². The molecule has 2 N–H and O–H groups in total. The summed E-state index contributed by atoms with van der Waals surface area (Å²) in [5.74, 6) is 1.62. The molecule has 0 spiro atoms. The zero-order valence-electron chi connectivity index (χ0n) is 17.6. The van der Waals surface area contributed by atoms with E-state index >= 15 is 0 Å². The lowest BCUT2D eigenvalue weighted by Gasteiger charge is -2.20. The molecule has 0 atom stereocenters. The van der Waals surface area contributed by atoms with E-state index in [1.807, 2.05) is 7.05 Å². The van der Waals surface area contributed by atoms with Gasteiger partial charge in [0, 0.05) is 40.3 Å². The molecule has 0 saturated carbocycles. The van der Waals surface area contributed by atoms with Crippen molar-refractivity contribution in [2.75, 3.05) is 40.3 Å². The molecule has 0 unspecified atom stereocenters. The Bertz CT molecular complexity index is 758. The van der Waals surface area contributed by atoms with Gasteiger partial charge in [-0.15, -0.1) is 24.0 Å². The van der Waals surface area contributed by atoms with Crippen LogP contribution in [0.4, 0.5) is 0 Å². The van der Waals surface area contributed by atoms with Crippen LogP contribution in [-0.2, 0) is 26.7 Å². The fourth-order valence-electron chi connectivity index (χ4n) is 3.33. The highest BCUT2D eigenvalue weighted by Crippen LogP contribution is 2.10. The first kappa shape index (κ1) is 23.6. The zero-order chi connectivity index (χ0) is 19.8. The predicted octanol–water partition coefficient (Wildman–Crippen LogP) is 1.44. The number of likely N-dealkylation sites (N-methyl/N-ethyl adjacent to an activating group) is 1. The van der Waals surface area contributed by atoms with Crippen LogP contribution >= 0.6 is 24.0 Å². The number of hydrogen-bond acceptors (Lipinski definition) is 5. The van der Waals surface area contributed by atoms with E-state index < -0.39 is 0 Å². The number of nitrogens with zero attached hydrogens (tertiary/aromatic N) is 6. The maximum absolute atomic E-state index is 4.27. The molecule has 2 heterocycles. The third-order valence-corrected chi connectivity index (χ3v) is 5.14. The van der Waals surface area contributed by atoms with Crippen molar-refractivity contribution in [1.29, 1.82) is 0 Å². The molecule has 0 radical (unpaired) electrons. The third kappa shape index (κ3) is 7.56. The monoisotopic (exact) mass is 512 g/mol. The number of halogens is 1. The van der Waals surface area contributed by atoms with Crippen LogP contribution in [0.1, 0.15) is 23.4 Å². The highest BCUT2D eigenvalue weighted by Gasteiger charge is 2.12. The molecule has 1 aromatic heterocycles. The van der Waals surface area contributed by atoms with Gasteiger partial charge in [0.1, 0.15) is 12.2 Å². The number of rotatable bonds is 6. The van der Waals surface area contributed by atoms with Gasteiger partial charge in [0.25, 0.3) is 0 Å². The normalized spacial score (nSPS) is 16.2. The first-order chi connectivity index (χ1) is 13.6. The number of nitrogens with one attached hydrogen (secondary N) is 2. The van der Waals surface area contributed by atoms with Gasteiger partial charge in [0.2, 0.25) is 0 Å². The van der Waals surface area contributed by atoms with Crippen LogP contribution in [0.15, 0.2) is 35.6 Å². The van der Waals surface area contributed by atoms with Crippen LogP contribution in [0.3, 0.4) is 0 Å². The molecule has 0 amide bonds. The number of guanidine groups is 1. The van der Waals surface area contributed by atoms with Gasteiger partial charge in [-0.3, -0.25) is 14.6 Å². The number of benzene rings is 1. The van der Waals surface area contributed by atoms with E-state index in [2.05, 4.69) is 66.8 Å². The molecule has 1 aliphatic rings. The SMILES string of the molecule is CN=C(NCc1ccc(CN2CCCN(C)CC2)cc1)NCc1ncnn1C.I. The van der Waals surface area contributed by atoms with Crippen molar-refractivity contribution in [1.82, 2.24) is 35.2 Å². The Morgan fingerprint density at radius 1 is 1.00 bits per heavy atom. The smallest absolute Gasteiger partial charge is 0.191 e. The van der Waals surface area contributed by atoms with Gasteiger partial charge < -0.3 is 15.5 Å². The summed E-state index contributed by atoms with van der Waals surface area (Å²) in [6, 6.07) is 8.87. The van der Waals surface area contributed by atoms with Gasteiger partial charge in [-0.2, -0.15) is 5.10 Å². The first-order valence-corrected chi connectivity index (χ1v) is 9.90. The van der Waals surface area contributed by atoms with Crippen LogP contribution in [0.25, 0.3) is 0 Å². The van der Waals surface area contributed by atoms with Gasteiger partial charge in [0.15, 0.2) is 5.96 Å². The van der Waals surface area contributed by atoms with E-state index in [0.717, 1.165) is 38.0 Å². The average Bonchev–Trinajstić information content (AvgIpc) is 3.00. The molecule has 29 heavy (non-hydrogen) atoms. The fraction of sp³-hybridized carbons (Fsp3) is 0.550. The number of aryl methyl sites for hydroxylation is 1. The van der Waals surface area contributed by atoms with Gasteiger partial charge >= 0.3 is 0 Å². The van der Waals surface area contributed by atoms with Crippen molar-refractivity contribution in [2.45, 2.75) is 26.1 Å². The highest BCUT2D eigenvalue weighted by atomic mass is 127. The fourth-order valence-corrected chi connectivity index (χ4v) is 3.33. The van der Waals surface area contributed by atoms with Gasteiger partial charge in [-0.25, -0.2) is 4.98 Å². The van der Waals surface area contributed by atoms with Gasteiger partial charge in [-0.1, -0.05) is 24.3 Å². The Kier molecular flexibility index (Phi) is 9.82. The summed E-state index contributed by atoms with van der Waals surface area (Å²) in [5.41, 5.74) is 2.61. The van der Waals surface area contributed by atoms with Crippen LogP contribution in [-0.4, -0.2) is 70.8 Å². The van der Waals surface area contributed by atoms with E-state index in [1.54, 1.807) is 18.1 Å². The van der Waals surface area contributed by atoms with Gasteiger partial charge in [0.05, 0.1) is 6.54 Å². The Hall–Kier alpha value is -1.72. The van der Waals surface area contributed by atoms with Gasteiger partial charge in [-0.05, 0) is 37.7 Å². The van der Waals surface area contributed by atoms with Crippen LogP contribution < -0.4 is 10.6 Å². The number of aliphatic imine (C=N–C) groups is 1. The molecule has 2 aromatic rings. The quantitative estimate of drug-likeness (QED) is 0.347. The lowest BCUT2D eigenvalue weighted by molar-refractivity contribution is 0.269. The summed E-state index contributed by atoms with van der Waals surface area (Å²) in [5, 5.41) is 10.7. The summed E-state index contributed by atoms with van der Waals surface area (Å²) in [6.07, 6.45) is 2.80. The molecule has 1 aliphatic heterocycles. The van der Waals surface area contributed by atoms with Crippen molar-refractivity contribution in [2.24, 2.45) is 12.0 Å². The lowest BCUT2D eigenvalue weighted by atomic mass is 10.1. The van der Waals surface area contributed by atoms with E-state index in [0.29, 0.717) is 6.54 Å². The molecule has 1 fully saturated rings. The Morgan fingerprint density at radius 2 is 1.72 bits per heavy atom. The first-order valence-electron chi connectivity index (χ1n) is 9.90. The maximum atomic E-state index is 4.27. The molecule has 3 rings (SSSR count). The lowest BCUT2D eigenvalue weighted by Crippen LogP contribution is -2.36. The minimum absolute atomic E-state index is 0. The second kappa shape index (κ2) is 12.1. The van der Waals surface area contributed by atoms with Crippen LogP contribution in [0.5, 0.6) is 0 Å². The maximum Gasteiger partial charge on any atom is 0.191 e. The molecular formula is C20H33IN8. The Balaban J connectivity index is 0.00000300. The number of hydrogen-bond donors (Lipinski definition) is 2. The Labute approximate surface area is 190 Å². The molecule has 8 nitrogen and oxygen atoms in total. The largest absolute Gasteiger partial charge is 0.352 e. The second-order valence-electron chi connectivity index (χ2n) is 7.33. The summed E-state index contributed by atoms with van der Waals surface area (Å²) in [4.78, 5) is 13.4. The topological polar surface area (TPSA) is 73.6 Å². The zero-order valence-corrected chi connectivity index (χ0v) is 20.0. The predicted molar refractivity (Wildman–Crippen MR) is 127 cm³/mol. The van der Waals surface area contributed by atoms with Crippen molar-refractivity contribution >= 4 is 29.9 Å². The van der Waals surface area contributed by atoms with E-state index in [9.17, 15) is 0 Å². The minimum atomic E-state index is 0. The van der Waals surface area contributed by atoms with Crippen molar-refractivity contribution in [3.05, 3.63) is 47.5 Å². The highest BCUT2D eigenvalue weighted by molar-refractivity contribution is 14.0. The Morgan fingerprint density at radius 3 is 2.41 bits per heavy atom. The standard InChI is InChI=1S/C20H32N8.HI/c1-21-20(23-14-19-24-16-25-27(19)3)22-13-17-5-7-18(8-6-17)15-28-10-4-9-26(2)11-12-28;/h5-8,16H,4,9-15H2,1-3H3,(H2,21,22,23);1H. The third-order valence-electron chi connectivity index (χ3n) is 5.14. The molecule has 160 valence electrons. The van der Waals surface area contributed by atoms with E-state index in [1.165, 1.54) is 30.6 Å². The van der Waals surface area contributed by atoms with E-state index in [4.69, 9.17) is 0 Å². The van der Waals surface area contributed by atoms with Crippen molar-refractivity contribution < 1.29 is 0 Å². The summed E-state index contributed by atoms with van der Waals surface area (Å²) < 4.78 is 1.75. The van der Waals surface area contributed by atoms with Crippen LogP contribution in [0, 0.1) is 0 Å². The molecule has 1 saturated heterocycles. The van der Waals surface area contributed by atoms with Crippen LogP contribution in [0.2, 0.25) is 0 Å². The number of aromatic nitrogens is 3. The van der Waals surface area contributed by atoms with Crippen molar-refractivity contribution in [3.63, 3.8) is 0 Å². The second-order valence-corrected chi connectivity index (χ2v) is 7.33. The minimum Gasteiger partial charge on any atom is -0.352 e. The summed E-state index contributed by atoms with van der Waals surface area (Å²) in [7, 11) is 5.86. The molecule has 0 bridgehead atoms. The summed E-state index contributed by atoms with van der Waals surface area (Å²) in [6.45, 7) is 7.03. The van der Waals surface area contributed by atoms with Crippen molar-refractivity contribution in [3.8, 4) is 0 Å². The summed E-state index contributed by atoms with van der Waals surface area (Å²) >= 11 is 0. The molecular weight excluding hydrogens is 479 g/mol. The molecule has 0 aliphatic carbocycles. The molecule has 1 aromatic carbocycles. The average molecular weight is 512 g/mol.